The predicted octanol–water partition coefficient (Wildman–Crippen LogP) is 2.52. The first-order valence-electron chi connectivity index (χ1n) is 4.58. The van der Waals surface area contributed by atoms with Gasteiger partial charge in [-0.05, 0) is 31.2 Å². The number of phenolic OH excluding ortho intramolecular Hbond substituents is 1. The molecule has 0 saturated heterocycles. The molecule has 0 unspecified atom stereocenters. The molecule has 0 aliphatic rings. The number of carbonyl (C=O) groups is 1. The molecule has 0 bridgehead atoms. The van der Waals surface area contributed by atoms with E-state index in [1.165, 1.54) is 11.3 Å². The molecule has 2 rings (SSSR count). The summed E-state index contributed by atoms with van der Waals surface area (Å²) in [6.45, 7) is 1.73. The van der Waals surface area contributed by atoms with Gasteiger partial charge in [-0.15, -0.1) is 11.3 Å². The van der Waals surface area contributed by atoms with Crippen LogP contribution in [0, 0.1) is 6.92 Å². The molecule has 0 aliphatic carbocycles. The van der Waals surface area contributed by atoms with Crippen LogP contribution in [-0.2, 0) is 0 Å². The van der Waals surface area contributed by atoms with Gasteiger partial charge in [-0.2, -0.15) is 0 Å². The van der Waals surface area contributed by atoms with Crippen LogP contribution in [0.2, 0.25) is 0 Å². The molecule has 0 saturated carbocycles. The molecule has 0 aliphatic heterocycles. The highest BCUT2D eigenvalue weighted by Gasteiger charge is 2.14. The van der Waals surface area contributed by atoms with E-state index in [0.717, 1.165) is 5.56 Å². The van der Waals surface area contributed by atoms with Crippen molar-refractivity contribution in [2.45, 2.75) is 6.92 Å². The Kier molecular flexibility index (Phi) is 2.62. The quantitative estimate of drug-likeness (QED) is 0.839. The van der Waals surface area contributed by atoms with Gasteiger partial charge in [0, 0.05) is 10.4 Å². The van der Waals surface area contributed by atoms with Gasteiger partial charge < -0.3 is 10.2 Å². The number of rotatable bonds is 2. The number of thiazole rings is 1. The molecule has 2 aromatic rings. The number of benzene rings is 1. The summed E-state index contributed by atoms with van der Waals surface area (Å²) in [7, 11) is 0. The summed E-state index contributed by atoms with van der Waals surface area (Å²) < 4.78 is 0. The molecule has 2 N–H and O–H groups in total. The van der Waals surface area contributed by atoms with Crippen molar-refractivity contribution in [3.05, 3.63) is 34.8 Å². The molecule has 0 fully saturated rings. The second-order valence-corrected chi connectivity index (χ2v) is 4.48. The van der Waals surface area contributed by atoms with Gasteiger partial charge in [0.05, 0.1) is 0 Å². The number of aromatic carboxylic acids is 1. The fourth-order valence-electron chi connectivity index (χ4n) is 1.32. The minimum atomic E-state index is -1.02. The number of phenols is 1. The third kappa shape index (κ3) is 1.90. The summed E-state index contributed by atoms with van der Waals surface area (Å²) >= 11 is 1.33. The highest BCUT2D eigenvalue weighted by Crippen LogP contribution is 2.28. The molecule has 0 spiro atoms. The fraction of sp³-hybridized carbons (Fsp3) is 0.0909. The van der Waals surface area contributed by atoms with Crippen LogP contribution in [0.4, 0.5) is 0 Å². The van der Waals surface area contributed by atoms with Crippen LogP contribution in [0.15, 0.2) is 24.3 Å². The van der Waals surface area contributed by atoms with Crippen molar-refractivity contribution < 1.29 is 15.0 Å². The second-order valence-electron chi connectivity index (χ2n) is 3.28. The summed E-state index contributed by atoms with van der Waals surface area (Å²) in [4.78, 5) is 15.5. The van der Waals surface area contributed by atoms with Gasteiger partial charge in [-0.1, -0.05) is 0 Å². The van der Waals surface area contributed by atoms with Gasteiger partial charge in [-0.25, -0.2) is 9.78 Å². The lowest BCUT2D eigenvalue weighted by atomic mass is 10.2. The average molecular weight is 235 g/mol. The van der Waals surface area contributed by atoms with Gasteiger partial charge in [0.25, 0.3) is 0 Å². The van der Waals surface area contributed by atoms with E-state index < -0.39 is 5.97 Å². The Balaban J connectivity index is 2.45. The van der Waals surface area contributed by atoms with Crippen molar-refractivity contribution in [2.24, 2.45) is 0 Å². The summed E-state index contributed by atoms with van der Waals surface area (Å²) in [5.74, 6) is -0.839. The number of carboxylic acids is 1. The SMILES string of the molecule is Cc1sc(-c2ccc(O)cc2)nc1C(=O)O. The highest BCUT2D eigenvalue weighted by atomic mass is 32.1. The fourth-order valence-corrected chi connectivity index (χ4v) is 2.23. The third-order valence-corrected chi connectivity index (χ3v) is 3.13. The Bertz CT molecular complexity index is 531. The maximum Gasteiger partial charge on any atom is 0.355 e. The number of hydrogen-bond acceptors (Lipinski definition) is 4. The highest BCUT2D eigenvalue weighted by molar-refractivity contribution is 7.15. The molecule has 5 heteroatoms. The van der Waals surface area contributed by atoms with Crippen molar-refractivity contribution in [1.29, 1.82) is 0 Å². The van der Waals surface area contributed by atoms with Crippen molar-refractivity contribution in [3.63, 3.8) is 0 Å². The monoisotopic (exact) mass is 235 g/mol. The zero-order chi connectivity index (χ0) is 11.7. The van der Waals surface area contributed by atoms with Crippen LogP contribution in [0.1, 0.15) is 15.4 Å². The Hall–Kier alpha value is -1.88. The minimum absolute atomic E-state index is 0.0908. The van der Waals surface area contributed by atoms with Crippen molar-refractivity contribution in [3.8, 4) is 16.3 Å². The molecular formula is C11H9NO3S. The van der Waals surface area contributed by atoms with Crippen LogP contribution in [-0.4, -0.2) is 21.2 Å². The van der Waals surface area contributed by atoms with Crippen LogP contribution < -0.4 is 0 Å². The number of nitrogens with zero attached hydrogens (tertiary/aromatic N) is 1. The molecule has 16 heavy (non-hydrogen) atoms. The number of aromatic hydroxyl groups is 1. The molecule has 0 amide bonds. The van der Waals surface area contributed by atoms with Gasteiger partial charge >= 0.3 is 5.97 Å². The maximum absolute atomic E-state index is 10.8. The van der Waals surface area contributed by atoms with E-state index in [-0.39, 0.29) is 11.4 Å². The standard InChI is InChI=1S/C11H9NO3S/c1-6-9(11(14)15)12-10(16-6)7-2-4-8(13)5-3-7/h2-5,13H,1H3,(H,14,15). The molecule has 0 atom stereocenters. The van der Waals surface area contributed by atoms with Gasteiger partial charge in [0.2, 0.25) is 0 Å². The van der Waals surface area contributed by atoms with Crippen LogP contribution in [0.5, 0.6) is 5.75 Å². The van der Waals surface area contributed by atoms with Crippen LogP contribution in [0.3, 0.4) is 0 Å². The maximum atomic E-state index is 10.8. The van der Waals surface area contributed by atoms with E-state index in [1.807, 2.05) is 0 Å². The molecule has 0 radical (unpaired) electrons. The molecule has 1 aromatic heterocycles. The molecule has 4 nitrogen and oxygen atoms in total. The second kappa shape index (κ2) is 3.94. The Morgan fingerprint density at radius 1 is 1.31 bits per heavy atom. The first-order valence-corrected chi connectivity index (χ1v) is 5.39. The Labute approximate surface area is 95.8 Å². The van der Waals surface area contributed by atoms with E-state index in [2.05, 4.69) is 4.98 Å². The zero-order valence-corrected chi connectivity index (χ0v) is 9.28. The number of carboxylic acid groups (broad SMARTS) is 1. The van der Waals surface area contributed by atoms with Crippen molar-refractivity contribution >= 4 is 17.3 Å². The Morgan fingerprint density at radius 3 is 2.44 bits per heavy atom. The lowest BCUT2D eigenvalue weighted by Crippen LogP contribution is -1.98. The summed E-state index contributed by atoms with van der Waals surface area (Å²) in [5.41, 5.74) is 0.895. The Morgan fingerprint density at radius 2 is 1.94 bits per heavy atom. The van der Waals surface area contributed by atoms with E-state index in [9.17, 15) is 4.79 Å². The number of aromatic nitrogens is 1. The number of hydrogen-bond donors (Lipinski definition) is 2. The first kappa shape index (κ1) is 10.6. The normalized spacial score (nSPS) is 10.3. The third-order valence-electron chi connectivity index (χ3n) is 2.11. The van der Waals surface area contributed by atoms with Crippen molar-refractivity contribution in [2.75, 3.05) is 0 Å². The molecule has 82 valence electrons. The van der Waals surface area contributed by atoms with E-state index >= 15 is 0 Å². The summed E-state index contributed by atoms with van der Waals surface area (Å²) in [6, 6.07) is 6.51. The average Bonchev–Trinajstić information content (AvgIpc) is 2.61. The van der Waals surface area contributed by atoms with E-state index in [0.29, 0.717) is 9.88 Å². The van der Waals surface area contributed by atoms with E-state index in [1.54, 1.807) is 31.2 Å². The molecule has 1 heterocycles. The van der Waals surface area contributed by atoms with Gasteiger partial charge in [0.15, 0.2) is 5.69 Å². The lowest BCUT2D eigenvalue weighted by molar-refractivity contribution is 0.0690. The van der Waals surface area contributed by atoms with E-state index in [4.69, 9.17) is 10.2 Å². The zero-order valence-electron chi connectivity index (χ0n) is 8.47. The summed E-state index contributed by atoms with van der Waals surface area (Å²) in [6.07, 6.45) is 0. The molecular weight excluding hydrogens is 226 g/mol. The smallest absolute Gasteiger partial charge is 0.355 e. The predicted molar refractivity (Wildman–Crippen MR) is 60.9 cm³/mol. The number of aryl methyl sites for hydroxylation is 1. The molecule has 1 aromatic carbocycles. The van der Waals surface area contributed by atoms with Crippen LogP contribution >= 0.6 is 11.3 Å². The largest absolute Gasteiger partial charge is 0.508 e. The first-order chi connectivity index (χ1) is 7.58. The van der Waals surface area contributed by atoms with Crippen molar-refractivity contribution in [1.82, 2.24) is 4.98 Å². The van der Waals surface area contributed by atoms with Gasteiger partial charge in [0.1, 0.15) is 10.8 Å². The topological polar surface area (TPSA) is 70.4 Å². The lowest BCUT2D eigenvalue weighted by Gasteiger charge is -1.95. The summed E-state index contributed by atoms with van der Waals surface area (Å²) in [5, 5.41) is 18.7. The minimum Gasteiger partial charge on any atom is -0.508 e. The van der Waals surface area contributed by atoms with Crippen LogP contribution in [0.25, 0.3) is 10.6 Å². The van der Waals surface area contributed by atoms with Gasteiger partial charge in [-0.3, -0.25) is 0 Å².